The maximum atomic E-state index is 13.2. The second-order valence-corrected chi connectivity index (χ2v) is 17.1. The largest absolute Gasteiger partial charge is 0.453 e. The minimum absolute atomic E-state index is 0.0139. The highest BCUT2D eigenvalue weighted by molar-refractivity contribution is 7.86. The highest BCUT2D eigenvalue weighted by Crippen LogP contribution is 2.52. The summed E-state index contributed by atoms with van der Waals surface area (Å²) in [5.41, 5.74) is 1.17. The predicted molar refractivity (Wildman–Crippen MR) is 176 cm³/mol. The fourth-order valence-corrected chi connectivity index (χ4v) is 9.01. The van der Waals surface area contributed by atoms with E-state index in [4.69, 9.17) is 9.57 Å². The van der Waals surface area contributed by atoms with Crippen molar-refractivity contribution in [2.24, 2.45) is 10.9 Å². The molecule has 1 saturated heterocycles. The van der Waals surface area contributed by atoms with E-state index in [1.807, 2.05) is 34.6 Å². The van der Waals surface area contributed by atoms with E-state index in [1.165, 1.54) is 24.3 Å². The smallest absolute Gasteiger partial charge is 0.363 e. The lowest BCUT2D eigenvalue weighted by molar-refractivity contribution is -0.172. The second-order valence-electron chi connectivity index (χ2n) is 14.4. The molecular formula is C35H34N2O11S2. The molecule has 2 amide bonds. The number of carbonyl (C=O) groups is 3. The minimum Gasteiger partial charge on any atom is -0.453 e. The first kappa shape index (κ1) is 34.0. The zero-order chi connectivity index (χ0) is 36.5. The lowest BCUT2D eigenvalue weighted by atomic mass is 9.78. The molecular weight excluding hydrogens is 689 g/mol. The third-order valence-electron chi connectivity index (χ3n) is 10.9. The van der Waals surface area contributed by atoms with Crippen LogP contribution >= 0.6 is 0 Å². The molecule has 3 aliphatic heterocycles. The summed E-state index contributed by atoms with van der Waals surface area (Å²) in [4.78, 5) is 45.5. The van der Waals surface area contributed by atoms with Gasteiger partial charge in [0.15, 0.2) is 16.4 Å². The van der Waals surface area contributed by atoms with E-state index in [9.17, 15) is 40.3 Å². The van der Waals surface area contributed by atoms with Crippen LogP contribution in [0.2, 0.25) is 0 Å². The van der Waals surface area contributed by atoms with Gasteiger partial charge in [-0.2, -0.15) is 16.8 Å². The lowest BCUT2D eigenvalue weighted by Crippen LogP contribution is -2.33. The Morgan fingerprint density at radius 1 is 0.880 bits per heavy atom. The maximum Gasteiger partial charge on any atom is 0.363 e. The van der Waals surface area contributed by atoms with Crippen molar-refractivity contribution in [1.29, 1.82) is 0 Å². The van der Waals surface area contributed by atoms with E-state index in [-0.39, 0.29) is 58.4 Å². The van der Waals surface area contributed by atoms with Gasteiger partial charge in [-0.25, -0.2) is 4.79 Å². The van der Waals surface area contributed by atoms with Crippen molar-refractivity contribution in [1.82, 2.24) is 5.06 Å². The number of benzene rings is 3. The number of hydroxylamine groups is 2. The Balaban J connectivity index is 1.56. The van der Waals surface area contributed by atoms with Crippen LogP contribution in [0.5, 0.6) is 11.5 Å². The fraction of sp³-hybridized carbons (Fsp3) is 0.371. The van der Waals surface area contributed by atoms with Gasteiger partial charge in [-0.3, -0.25) is 23.7 Å². The lowest BCUT2D eigenvalue weighted by Gasteiger charge is -2.30. The van der Waals surface area contributed by atoms with E-state index in [2.05, 4.69) is 4.99 Å². The van der Waals surface area contributed by atoms with Crippen molar-refractivity contribution >= 4 is 43.6 Å². The first-order valence-electron chi connectivity index (χ1n) is 16.0. The molecule has 7 rings (SSSR count). The molecule has 0 spiro atoms. The van der Waals surface area contributed by atoms with Gasteiger partial charge >= 0.3 is 5.97 Å². The minimum atomic E-state index is -5.04. The fourth-order valence-electron chi connectivity index (χ4n) is 7.32. The van der Waals surface area contributed by atoms with Gasteiger partial charge in [-0.15, -0.1) is 5.06 Å². The molecule has 1 fully saturated rings. The Morgan fingerprint density at radius 2 is 1.48 bits per heavy atom. The third-order valence-corrected chi connectivity index (χ3v) is 12.7. The number of fused-ring (bicyclic) bond motifs is 4. The van der Waals surface area contributed by atoms with Crippen molar-refractivity contribution in [3.8, 4) is 11.5 Å². The van der Waals surface area contributed by atoms with Gasteiger partial charge in [-0.05, 0) is 71.2 Å². The van der Waals surface area contributed by atoms with Crippen molar-refractivity contribution in [2.45, 2.75) is 87.5 Å². The van der Waals surface area contributed by atoms with Crippen LogP contribution in [0.15, 0.2) is 51.2 Å². The zero-order valence-corrected chi connectivity index (χ0v) is 29.7. The highest BCUT2D eigenvalue weighted by atomic mass is 32.2. The summed E-state index contributed by atoms with van der Waals surface area (Å²) in [5.74, 6) is -2.99. The van der Waals surface area contributed by atoms with Gasteiger partial charge in [0.2, 0.25) is 0 Å². The van der Waals surface area contributed by atoms with Gasteiger partial charge < -0.3 is 9.57 Å². The molecule has 3 aromatic carbocycles. The number of carbonyl (C=O) groups excluding carboxylic acids is 3. The summed E-state index contributed by atoms with van der Waals surface area (Å²) < 4.78 is 80.4. The van der Waals surface area contributed by atoms with E-state index >= 15 is 0 Å². The van der Waals surface area contributed by atoms with Crippen molar-refractivity contribution in [3.63, 3.8) is 0 Å². The Bertz CT molecular complexity index is 2430. The van der Waals surface area contributed by atoms with Gasteiger partial charge in [0, 0.05) is 34.6 Å². The average molecular weight is 723 g/mol. The predicted octanol–water partition coefficient (Wildman–Crippen LogP) is 3.52. The van der Waals surface area contributed by atoms with Gasteiger partial charge in [-0.1, -0.05) is 46.8 Å². The highest BCUT2D eigenvalue weighted by Gasteiger charge is 2.45. The zero-order valence-electron chi connectivity index (χ0n) is 28.0. The van der Waals surface area contributed by atoms with Gasteiger partial charge in [0.25, 0.3) is 32.1 Å². The standard InChI is InChI=1S/C35H34N2O11S2/c1-16-13-20-23(34(16,3)4)14-21-27(18-7-9-19(10-8-18)33(40)48-37-25(38)11-12-26(37)39)22-15-24-28(36-17(2)35(24,5)6)32(50(44,45)46)30(22)47-29(21)31(20)49(41,42)43/h7-10,14-17H,11-13H2,1-6H3,(H,41,42,43)(H,44,45,46). The van der Waals surface area contributed by atoms with Crippen molar-refractivity contribution in [3.05, 3.63) is 80.4 Å². The van der Waals surface area contributed by atoms with Crippen LogP contribution < -0.4 is 15.3 Å². The molecule has 4 aliphatic rings. The Labute approximate surface area is 288 Å². The van der Waals surface area contributed by atoms with E-state index < -0.39 is 64.7 Å². The Hall–Kier alpha value is -4.44. The monoisotopic (exact) mass is 722 g/mol. The summed E-state index contributed by atoms with van der Waals surface area (Å²) in [6, 6.07) is 8.89. The van der Waals surface area contributed by atoms with Gasteiger partial charge in [0.05, 0.1) is 17.0 Å². The normalized spacial score (nSPS) is 21.6. The number of nitrogens with zero attached hydrogens (tertiary/aromatic N) is 2. The molecule has 3 heterocycles. The molecule has 262 valence electrons. The molecule has 0 radical (unpaired) electrons. The Morgan fingerprint density at radius 3 is 2.06 bits per heavy atom. The molecule has 1 aliphatic carbocycles. The molecule has 50 heavy (non-hydrogen) atoms. The SMILES string of the molecule is CC1Cc2c(cc3c(c2S(=O)(=O)O)Oc2c(S(=O)(=O)O)c4c(cc2=C3c2ccc(C(=O)ON3C(=O)CCC3=O)cc2)C(C)(C)C(C)N=4)C1(C)C. The first-order chi connectivity index (χ1) is 23.1. The van der Waals surface area contributed by atoms with Crippen LogP contribution in [-0.2, 0) is 51.9 Å². The molecule has 15 heteroatoms. The van der Waals surface area contributed by atoms with Crippen LogP contribution in [0.25, 0.3) is 5.57 Å². The number of imide groups is 1. The van der Waals surface area contributed by atoms with Crippen molar-refractivity contribution < 1.29 is 49.9 Å². The quantitative estimate of drug-likeness (QED) is 0.226. The summed E-state index contributed by atoms with van der Waals surface area (Å²) in [7, 11) is -10.0. The molecule has 0 aromatic heterocycles. The number of hydrogen-bond donors (Lipinski definition) is 2. The van der Waals surface area contributed by atoms with Crippen LogP contribution in [0.1, 0.15) is 92.6 Å². The summed E-state index contributed by atoms with van der Waals surface area (Å²) in [5, 5.41) is 0.622. The van der Waals surface area contributed by atoms with Crippen LogP contribution in [0.4, 0.5) is 0 Å². The van der Waals surface area contributed by atoms with Crippen LogP contribution in [0, 0.1) is 5.92 Å². The van der Waals surface area contributed by atoms with E-state index in [0.29, 0.717) is 32.9 Å². The summed E-state index contributed by atoms with van der Waals surface area (Å²) in [6.45, 7) is 11.5. The molecule has 13 nitrogen and oxygen atoms in total. The molecule has 0 bridgehead atoms. The molecule has 2 atom stereocenters. The van der Waals surface area contributed by atoms with E-state index in [1.54, 1.807) is 19.1 Å². The molecule has 2 unspecified atom stereocenters. The Kier molecular flexibility index (Phi) is 7.34. The average Bonchev–Trinajstić information content (AvgIpc) is 3.53. The number of rotatable bonds is 5. The van der Waals surface area contributed by atoms with Crippen LogP contribution in [-0.4, -0.2) is 54.8 Å². The van der Waals surface area contributed by atoms with Crippen LogP contribution in [0.3, 0.4) is 0 Å². The first-order valence-corrected chi connectivity index (χ1v) is 18.8. The molecule has 3 aromatic rings. The van der Waals surface area contributed by atoms with Gasteiger partial charge in [0.1, 0.15) is 4.90 Å². The third kappa shape index (κ3) is 4.93. The number of hydrogen-bond acceptors (Lipinski definition) is 10. The van der Waals surface area contributed by atoms with E-state index in [0.717, 1.165) is 0 Å². The van der Waals surface area contributed by atoms with Crippen molar-refractivity contribution in [2.75, 3.05) is 0 Å². The second kappa shape index (κ2) is 10.8. The maximum absolute atomic E-state index is 13.2. The summed E-state index contributed by atoms with van der Waals surface area (Å²) in [6.07, 6.45) is 0.131. The summed E-state index contributed by atoms with van der Waals surface area (Å²) >= 11 is 0. The molecule has 0 saturated carbocycles. The molecule has 2 N–H and O–H groups in total. The topological polar surface area (TPSA) is 194 Å². The number of ether oxygens (including phenoxy) is 1. The number of amides is 2.